The van der Waals surface area contributed by atoms with Gasteiger partial charge in [-0.2, -0.15) is 0 Å². The molecule has 0 bridgehead atoms. The van der Waals surface area contributed by atoms with Crippen LogP contribution in [0.2, 0.25) is 0 Å². The number of nitro benzene ring substituents is 1. The van der Waals surface area contributed by atoms with Gasteiger partial charge in [0, 0.05) is 5.56 Å². The first-order valence-electron chi connectivity index (χ1n) is 7.72. The number of rotatable bonds is 8. The van der Waals surface area contributed by atoms with Crippen LogP contribution in [0.15, 0.2) is 42.5 Å². The van der Waals surface area contributed by atoms with E-state index in [-0.39, 0.29) is 17.2 Å². The summed E-state index contributed by atoms with van der Waals surface area (Å²) in [5.41, 5.74) is 0.179. The molecule has 0 radical (unpaired) electrons. The predicted molar refractivity (Wildman–Crippen MR) is 91.7 cm³/mol. The molecule has 0 aliphatic carbocycles. The fraction of sp³-hybridized carbons (Fsp3) is 0.278. The van der Waals surface area contributed by atoms with Crippen molar-refractivity contribution in [3.8, 4) is 17.2 Å². The highest BCUT2D eigenvalue weighted by Crippen LogP contribution is 2.32. The lowest BCUT2D eigenvalue weighted by atomic mass is 10.1. The normalized spacial score (nSPS) is 11.5. The summed E-state index contributed by atoms with van der Waals surface area (Å²) in [4.78, 5) is 23.1. The van der Waals surface area contributed by atoms with Crippen LogP contribution in [0.3, 0.4) is 0 Å². The number of Topliss-reactive ketones (excluding diaryl/α,β-unsaturated/α-hetero) is 1. The number of benzene rings is 2. The molecule has 0 aliphatic rings. The molecule has 2 aromatic carbocycles. The van der Waals surface area contributed by atoms with Gasteiger partial charge in [-0.15, -0.1) is 0 Å². The van der Waals surface area contributed by atoms with Crippen molar-refractivity contribution in [1.82, 2.24) is 0 Å². The number of nitro groups is 1. The maximum absolute atomic E-state index is 12.5. The molecule has 0 unspecified atom stereocenters. The van der Waals surface area contributed by atoms with Gasteiger partial charge in [-0.25, -0.2) is 0 Å². The minimum absolute atomic E-state index is 0.0117. The van der Waals surface area contributed by atoms with Crippen molar-refractivity contribution in [2.45, 2.75) is 20.0 Å². The molecule has 0 saturated heterocycles. The van der Waals surface area contributed by atoms with Gasteiger partial charge in [0.1, 0.15) is 11.5 Å². The molecular formula is C18H19NO6. The molecule has 0 N–H and O–H groups in total. The van der Waals surface area contributed by atoms with E-state index in [0.717, 1.165) is 0 Å². The lowest BCUT2D eigenvalue weighted by Crippen LogP contribution is -2.24. The van der Waals surface area contributed by atoms with Crippen LogP contribution in [0.25, 0.3) is 0 Å². The summed E-state index contributed by atoms with van der Waals surface area (Å²) in [6.45, 7) is 3.96. The second-order valence-electron chi connectivity index (χ2n) is 5.17. The van der Waals surface area contributed by atoms with Crippen molar-refractivity contribution in [1.29, 1.82) is 0 Å². The minimum atomic E-state index is -0.884. The first-order chi connectivity index (χ1) is 12.0. The second kappa shape index (κ2) is 8.14. The largest absolute Gasteiger partial charge is 0.496 e. The molecule has 2 aromatic rings. The van der Waals surface area contributed by atoms with Crippen LogP contribution >= 0.6 is 0 Å². The summed E-state index contributed by atoms with van der Waals surface area (Å²) in [6, 6.07) is 10.9. The van der Waals surface area contributed by atoms with Crippen LogP contribution in [0.1, 0.15) is 24.2 Å². The number of ether oxygens (including phenoxy) is 3. The second-order valence-corrected chi connectivity index (χ2v) is 5.17. The Kier molecular flexibility index (Phi) is 5.94. The molecule has 7 nitrogen and oxygen atoms in total. The molecule has 0 aromatic heterocycles. The van der Waals surface area contributed by atoms with E-state index >= 15 is 0 Å². The monoisotopic (exact) mass is 345 g/mol. The molecule has 0 aliphatic heterocycles. The average Bonchev–Trinajstić information content (AvgIpc) is 2.62. The van der Waals surface area contributed by atoms with Crippen LogP contribution in [0, 0.1) is 10.1 Å². The van der Waals surface area contributed by atoms with Crippen LogP contribution in [-0.2, 0) is 0 Å². The van der Waals surface area contributed by atoms with E-state index in [1.165, 1.54) is 25.3 Å². The van der Waals surface area contributed by atoms with E-state index in [0.29, 0.717) is 23.7 Å². The highest BCUT2D eigenvalue weighted by molar-refractivity contribution is 5.99. The quantitative estimate of drug-likeness (QED) is 0.412. The Balaban J connectivity index is 2.17. The summed E-state index contributed by atoms with van der Waals surface area (Å²) in [5, 5.41) is 11.2. The van der Waals surface area contributed by atoms with Crippen molar-refractivity contribution in [3.05, 3.63) is 58.1 Å². The molecular weight excluding hydrogens is 326 g/mol. The number of methoxy groups -OCH3 is 1. The zero-order chi connectivity index (χ0) is 18.4. The third kappa shape index (κ3) is 4.47. The predicted octanol–water partition coefficient (Wildman–Crippen LogP) is 3.65. The van der Waals surface area contributed by atoms with Crippen molar-refractivity contribution in [2.75, 3.05) is 13.7 Å². The molecule has 2 rings (SSSR count). The molecule has 0 fully saturated rings. The Labute approximate surface area is 145 Å². The smallest absolute Gasteiger partial charge is 0.314 e. The third-order valence-electron chi connectivity index (χ3n) is 3.49. The van der Waals surface area contributed by atoms with Crippen molar-refractivity contribution in [3.63, 3.8) is 0 Å². The Morgan fingerprint density at radius 2 is 1.80 bits per heavy atom. The van der Waals surface area contributed by atoms with E-state index in [9.17, 15) is 14.9 Å². The molecule has 0 spiro atoms. The number of ketones is 1. The highest BCUT2D eigenvalue weighted by Gasteiger charge is 2.23. The summed E-state index contributed by atoms with van der Waals surface area (Å²) in [5.74, 6) is 0.730. The van der Waals surface area contributed by atoms with E-state index in [1.54, 1.807) is 31.2 Å². The molecule has 132 valence electrons. The number of nitrogens with zero attached hydrogens (tertiary/aromatic N) is 1. The van der Waals surface area contributed by atoms with Gasteiger partial charge in [0.25, 0.3) is 0 Å². The van der Waals surface area contributed by atoms with Gasteiger partial charge >= 0.3 is 5.69 Å². The average molecular weight is 345 g/mol. The zero-order valence-electron chi connectivity index (χ0n) is 14.2. The van der Waals surface area contributed by atoms with Crippen LogP contribution in [0.5, 0.6) is 17.2 Å². The Bertz CT molecular complexity index is 757. The fourth-order valence-corrected chi connectivity index (χ4v) is 2.23. The number of carbonyl (C=O) groups excluding carboxylic acids is 1. The van der Waals surface area contributed by atoms with E-state index in [2.05, 4.69) is 0 Å². The lowest BCUT2D eigenvalue weighted by Gasteiger charge is -2.14. The Hall–Kier alpha value is -3.09. The summed E-state index contributed by atoms with van der Waals surface area (Å²) in [6.07, 6.45) is -0.884. The maximum atomic E-state index is 12.5. The summed E-state index contributed by atoms with van der Waals surface area (Å²) in [7, 11) is 1.41. The topological polar surface area (TPSA) is 87.9 Å². The van der Waals surface area contributed by atoms with Crippen molar-refractivity contribution >= 4 is 11.5 Å². The third-order valence-corrected chi connectivity index (χ3v) is 3.49. The Morgan fingerprint density at radius 1 is 1.16 bits per heavy atom. The standard InChI is InChI=1S/C18H19NO6/c1-4-24-14-7-5-13(6-8-14)18(20)12(2)25-17-10-9-15(23-3)11-16(17)19(21)22/h5-12H,4H2,1-3H3/t12-/m1/s1. The highest BCUT2D eigenvalue weighted by atomic mass is 16.6. The fourth-order valence-electron chi connectivity index (χ4n) is 2.23. The lowest BCUT2D eigenvalue weighted by molar-refractivity contribution is -0.386. The van der Waals surface area contributed by atoms with Gasteiger partial charge in [0.15, 0.2) is 11.9 Å². The Morgan fingerprint density at radius 3 is 2.36 bits per heavy atom. The van der Waals surface area contributed by atoms with Crippen LogP contribution in [0.4, 0.5) is 5.69 Å². The summed E-state index contributed by atoms with van der Waals surface area (Å²) >= 11 is 0. The van der Waals surface area contributed by atoms with Crippen LogP contribution in [-0.4, -0.2) is 30.5 Å². The zero-order valence-corrected chi connectivity index (χ0v) is 14.2. The minimum Gasteiger partial charge on any atom is -0.496 e. The molecule has 25 heavy (non-hydrogen) atoms. The van der Waals surface area contributed by atoms with Gasteiger partial charge in [0.2, 0.25) is 5.78 Å². The molecule has 0 saturated carbocycles. The van der Waals surface area contributed by atoms with Gasteiger partial charge in [-0.05, 0) is 50.2 Å². The van der Waals surface area contributed by atoms with Gasteiger partial charge in [-0.3, -0.25) is 14.9 Å². The van der Waals surface area contributed by atoms with E-state index in [4.69, 9.17) is 14.2 Å². The molecule has 1 atom stereocenters. The van der Waals surface area contributed by atoms with Crippen molar-refractivity contribution in [2.24, 2.45) is 0 Å². The van der Waals surface area contributed by atoms with Crippen LogP contribution < -0.4 is 14.2 Å². The molecule has 0 heterocycles. The van der Waals surface area contributed by atoms with E-state index < -0.39 is 11.0 Å². The van der Waals surface area contributed by atoms with Gasteiger partial charge in [0.05, 0.1) is 24.7 Å². The van der Waals surface area contributed by atoms with Gasteiger partial charge in [-0.1, -0.05) is 0 Å². The first-order valence-corrected chi connectivity index (χ1v) is 7.72. The molecule has 7 heteroatoms. The SMILES string of the molecule is CCOc1ccc(C(=O)[C@@H](C)Oc2ccc(OC)cc2[N+](=O)[O-])cc1. The van der Waals surface area contributed by atoms with Gasteiger partial charge < -0.3 is 14.2 Å². The summed E-state index contributed by atoms with van der Waals surface area (Å²) < 4.78 is 15.8. The first kappa shape index (κ1) is 18.3. The maximum Gasteiger partial charge on any atom is 0.314 e. The number of hydrogen-bond donors (Lipinski definition) is 0. The molecule has 0 amide bonds. The number of carbonyl (C=O) groups is 1. The van der Waals surface area contributed by atoms with E-state index in [1.807, 2.05) is 6.92 Å². The number of hydrogen-bond acceptors (Lipinski definition) is 6. The van der Waals surface area contributed by atoms with Crippen molar-refractivity contribution < 1.29 is 23.9 Å².